The van der Waals surface area contributed by atoms with Crippen LogP contribution in [0.15, 0.2) is 36.4 Å². The van der Waals surface area contributed by atoms with E-state index in [-0.39, 0.29) is 24.8 Å². The van der Waals surface area contributed by atoms with Gasteiger partial charge >= 0.3 is 0 Å². The molecule has 0 bridgehead atoms. The van der Waals surface area contributed by atoms with E-state index in [2.05, 4.69) is 27.5 Å². The van der Waals surface area contributed by atoms with Crippen LogP contribution in [0.1, 0.15) is 114 Å². The van der Waals surface area contributed by atoms with Crippen molar-refractivity contribution in [2.24, 2.45) is 11.8 Å². The summed E-state index contributed by atoms with van der Waals surface area (Å²) < 4.78 is 34.7. The predicted octanol–water partition coefficient (Wildman–Crippen LogP) is 5.14. The molecule has 1 aromatic heterocycles. The highest BCUT2D eigenvalue weighted by atomic mass is 32.2. The van der Waals surface area contributed by atoms with Gasteiger partial charge in [-0.1, -0.05) is 68.9 Å². The number of benzene rings is 1. The first-order valence-corrected chi connectivity index (χ1v) is 21.6. The highest BCUT2D eigenvalue weighted by molar-refractivity contribution is 7.91. The molecule has 286 valence electrons. The third-order valence-corrected chi connectivity index (χ3v) is 15.5. The van der Waals surface area contributed by atoms with Crippen molar-refractivity contribution in [3.63, 3.8) is 0 Å². The number of nitrogens with zero attached hydrogens (tertiary/aromatic N) is 2. The fourth-order valence-electron chi connectivity index (χ4n) is 9.46. The molecule has 3 saturated carbocycles. The lowest BCUT2D eigenvalue weighted by molar-refractivity contribution is -0.141. The van der Waals surface area contributed by atoms with Crippen molar-refractivity contribution in [1.29, 1.82) is 0 Å². The second kappa shape index (κ2) is 14.0. The lowest BCUT2D eigenvalue weighted by Crippen LogP contribution is -2.58. The Labute approximate surface area is 313 Å². The van der Waals surface area contributed by atoms with Gasteiger partial charge in [-0.3, -0.25) is 19.1 Å². The van der Waals surface area contributed by atoms with Crippen LogP contribution in [0.3, 0.4) is 0 Å². The molecule has 3 N–H and O–H groups in total. The third-order valence-electron chi connectivity index (χ3n) is 13.3. The first-order valence-electron chi connectivity index (χ1n) is 20.1. The second-order valence-corrected chi connectivity index (χ2v) is 19.4. The highest BCUT2D eigenvalue weighted by Gasteiger charge is 2.64. The van der Waals surface area contributed by atoms with Gasteiger partial charge in [-0.2, -0.15) is 0 Å². The van der Waals surface area contributed by atoms with E-state index in [4.69, 9.17) is 9.72 Å². The SMILES string of the molecule is Cc1nc2ccccc2c2c1O[C@]1(CC2)C[C@H]2C(=O)N[C@]3(C(=O)NS(=O)(=O)C4(C)CC4)C[C@H]3C=CCCCCC[C@H](NCCC3CCCC3)C(=O)N2C1. The largest absolute Gasteiger partial charge is 0.483 e. The molecule has 6 aliphatic rings. The van der Waals surface area contributed by atoms with Crippen molar-refractivity contribution in [3.8, 4) is 5.75 Å². The van der Waals surface area contributed by atoms with Gasteiger partial charge in [-0.15, -0.1) is 0 Å². The molecule has 11 nitrogen and oxygen atoms in total. The Kier molecular flexibility index (Phi) is 9.61. The quantitative estimate of drug-likeness (QED) is 0.331. The maximum Gasteiger partial charge on any atom is 0.259 e. The van der Waals surface area contributed by atoms with Gasteiger partial charge in [0.2, 0.25) is 21.8 Å². The number of allylic oxidation sites excluding steroid dienone is 1. The van der Waals surface area contributed by atoms with E-state index in [9.17, 15) is 22.8 Å². The highest BCUT2D eigenvalue weighted by Crippen LogP contribution is 2.49. The first kappa shape index (κ1) is 36.5. The molecule has 5 atom stereocenters. The topological polar surface area (TPSA) is 147 Å². The van der Waals surface area contributed by atoms with E-state index >= 15 is 0 Å². The van der Waals surface area contributed by atoms with Crippen molar-refractivity contribution in [3.05, 3.63) is 47.7 Å². The molecular weight excluding hydrogens is 691 g/mol. The van der Waals surface area contributed by atoms with E-state index in [0.29, 0.717) is 44.4 Å². The Morgan fingerprint density at radius 2 is 1.81 bits per heavy atom. The van der Waals surface area contributed by atoms with E-state index < -0.39 is 49.8 Å². The van der Waals surface area contributed by atoms with Crippen LogP contribution in [-0.4, -0.2) is 77.1 Å². The molecule has 1 aromatic carbocycles. The number of rotatable bonds is 7. The van der Waals surface area contributed by atoms with Crippen molar-refractivity contribution in [1.82, 2.24) is 25.2 Å². The average Bonchev–Trinajstić information content (AvgIpc) is 3.92. The Hall–Kier alpha value is -3.51. The molecule has 1 spiro atoms. The Morgan fingerprint density at radius 1 is 1.04 bits per heavy atom. The van der Waals surface area contributed by atoms with Crippen molar-refractivity contribution < 1.29 is 27.5 Å². The van der Waals surface area contributed by atoms with E-state index in [0.717, 1.165) is 66.6 Å². The number of hydrogen-bond acceptors (Lipinski definition) is 8. The van der Waals surface area contributed by atoms with E-state index in [1.807, 2.05) is 31.2 Å². The fourth-order valence-corrected chi connectivity index (χ4v) is 10.8. The zero-order chi connectivity index (χ0) is 37.0. The molecule has 3 amide bonds. The zero-order valence-electron chi connectivity index (χ0n) is 31.3. The molecule has 2 aromatic rings. The Morgan fingerprint density at radius 3 is 2.60 bits per heavy atom. The van der Waals surface area contributed by atoms with Crippen LogP contribution in [-0.2, 0) is 30.8 Å². The van der Waals surface area contributed by atoms with Crippen molar-refractivity contribution >= 4 is 38.6 Å². The van der Waals surface area contributed by atoms with Gasteiger partial charge in [0, 0.05) is 23.3 Å². The van der Waals surface area contributed by atoms with Crippen LogP contribution in [0.5, 0.6) is 5.75 Å². The van der Waals surface area contributed by atoms with Crippen LogP contribution in [0.25, 0.3) is 10.9 Å². The molecule has 0 unspecified atom stereocenters. The van der Waals surface area contributed by atoms with Gasteiger partial charge in [0.25, 0.3) is 5.91 Å². The smallest absolute Gasteiger partial charge is 0.259 e. The molecule has 8 rings (SSSR count). The van der Waals surface area contributed by atoms with Gasteiger partial charge in [0.15, 0.2) is 0 Å². The number of ether oxygens (including phenoxy) is 1. The molecular formula is C41H55N5O6S. The summed E-state index contributed by atoms with van der Waals surface area (Å²) in [5.74, 6) is -0.199. The summed E-state index contributed by atoms with van der Waals surface area (Å²) in [4.78, 5) is 50.0. The van der Waals surface area contributed by atoms with Crippen LogP contribution in [0.2, 0.25) is 0 Å². The minimum absolute atomic E-state index is 0.112. The standard InChI is InChI=1S/C41H55N5O6S/c1-27-35-31(30-15-10-11-16-32(30)43-27)18-20-40(52-35)25-34-36(47)44-41(38(49)45-53(50,51)39(2)21-22-39)24-29(41)14-6-4-3-5-7-17-33(37(48)46(34)26-40)42-23-19-28-12-8-9-13-28/h6,10-11,14-16,28-29,33-34,42H,3-5,7-9,12-13,17-26H2,1-2H3,(H,44,47)(H,45,49)/t29-,33+,34+,40-,41-/m1/s1. The number of pyridine rings is 1. The maximum atomic E-state index is 14.8. The summed E-state index contributed by atoms with van der Waals surface area (Å²) in [7, 11) is -3.92. The number of carbonyl (C=O) groups is 3. The number of carbonyl (C=O) groups excluding carboxylic acids is 3. The molecule has 4 fully saturated rings. The maximum absolute atomic E-state index is 14.8. The van der Waals surface area contributed by atoms with Crippen LogP contribution >= 0.6 is 0 Å². The number of para-hydroxylation sites is 1. The molecule has 4 heterocycles. The summed E-state index contributed by atoms with van der Waals surface area (Å²) in [5.41, 5.74) is 0.562. The number of amides is 3. The fraction of sp³-hybridized carbons (Fsp3) is 0.659. The van der Waals surface area contributed by atoms with Crippen LogP contribution < -0.4 is 20.1 Å². The normalized spacial score (nSPS) is 31.5. The molecule has 1 saturated heterocycles. The number of aryl methyl sites for hydroxylation is 2. The number of nitrogens with one attached hydrogen (secondary N) is 3. The van der Waals surface area contributed by atoms with Gasteiger partial charge < -0.3 is 20.3 Å². The van der Waals surface area contributed by atoms with E-state index in [1.165, 1.54) is 25.7 Å². The lowest BCUT2D eigenvalue weighted by atomic mass is 9.87. The van der Waals surface area contributed by atoms with Crippen molar-refractivity contribution in [2.45, 2.75) is 145 Å². The number of aromatic nitrogens is 1. The summed E-state index contributed by atoms with van der Waals surface area (Å²) in [5, 5.41) is 7.72. The molecule has 0 radical (unpaired) electrons. The molecule has 12 heteroatoms. The number of sulfonamides is 1. The molecule has 3 aliphatic carbocycles. The second-order valence-electron chi connectivity index (χ2n) is 17.2. The minimum atomic E-state index is -3.92. The summed E-state index contributed by atoms with van der Waals surface area (Å²) in [6, 6.07) is 6.71. The monoisotopic (exact) mass is 745 g/mol. The summed E-state index contributed by atoms with van der Waals surface area (Å²) in [6.07, 6.45) is 17.2. The van der Waals surface area contributed by atoms with Gasteiger partial charge in [-0.25, -0.2) is 13.4 Å². The summed E-state index contributed by atoms with van der Waals surface area (Å²) >= 11 is 0. The average molecular weight is 746 g/mol. The first-order chi connectivity index (χ1) is 25.4. The minimum Gasteiger partial charge on any atom is -0.483 e. The lowest BCUT2D eigenvalue weighted by Gasteiger charge is -2.36. The summed E-state index contributed by atoms with van der Waals surface area (Å²) in [6.45, 7) is 4.58. The molecule has 53 heavy (non-hydrogen) atoms. The number of hydrogen-bond donors (Lipinski definition) is 3. The van der Waals surface area contributed by atoms with E-state index in [1.54, 1.807) is 11.8 Å². The van der Waals surface area contributed by atoms with Crippen LogP contribution in [0, 0.1) is 18.8 Å². The van der Waals surface area contributed by atoms with Gasteiger partial charge in [0.05, 0.1) is 28.5 Å². The van der Waals surface area contributed by atoms with Crippen LogP contribution in [0.4, 0.5) is 0 Å². The Balaban J connectivity index is 1.10. The van der Waals surface area contributed by atoms with Gasteiger partial charge in [-0.05, 0) is 90.2 Å². The third kappa shape index (κ3) is 6.99. The van der Waals surface area contributed by atoms with Crippen molar-refractivity contribution in [2.75, 3.05) is 13.1 Å². The van der Waals surface area contributed by atoms with Gasteiger partial charge in [0.1, 0.15) is 22.9 Å². The number of fused-ring (bicyclic) bond motifs is 5. The Bertz CT molecular complexity index is 1920. The predicted molar refractivity (Wildman–Crippen MR) is 203 cm³/mol. The molecule has 3 aliphatic heterocycles. The zero-order valence-corrected chi connectivity index (χ0v) is 32.1.